The van der Waals surface area contributed by atoms with Gasteiger partial charge in [0.05, 0.1) is 0 Å². The molecule has 0 amide bonds. The van der Waals surface area contributed by atoms with Crippen LogP contribution in [0, 0.1) is 0 Å². The van der Waals surface area contributed by atoms with Gasteiger partial charge < -0.3 is 4.74 Å². The van der Waals surface area contributed by atoms with Crippen LogP contribution in [0.4, 0.5) is 0 Å². The van der Waals surface area contributed by atoms with Crippen LogP contribution < -0.4 is 0 Å². The maximum absolute atomic E-state index is 5.36. The number of unbranched alkanes of at least 4 members (excludes halogenated alkanes) is 17. The van der Waals surface area contributed by atoms with E-state index in [4.69, 9.17) is 4.74 Å². The molecule has 0 bridgehead atoms. The van der Waals surface area contributed by atoms with Crippen LogP contribution >= 0.6 is 0 Å². The highest BCUT2D eigenvalue weighted by molar-refractivity contribution is 4.50. The first-order valence-electron chi connectivity index (χ1n) is 11.0. The topological polar surface area (TPSA) is 9.23 Å². The fourth-order valence-electron chi connectivity index (χ4n) is 3.25. The van der Waals surface area contributed by atoms with Gasteiger partial charge in [0, 0.05) is 13.2 Å². The molecule has 0 saturated carbocycles. The molecule has 0 aromatic carbocycles. The highest BCUT2D eigenvalue weighted by Gasteiger charge is 1.95. The second-order valence-electron chi connectivity index (χ2n) is 7.21. The van der Waals surface area contributed by atoms with Crippen molar-refractivity contribution in [3.8, 4) is 0 Å². The molecule has 0 aliphatic carbocycles. The second-order valence-corrected chi connectivity index (χ2v) is 7.21. The molecule has 0 aromatic rings. The minimum Gasteiger partial charge on any atom is -0.382 e. The number of hydrogen-bond acceptors (Lipinski definition) is 1. The third kappa shape index (κ3) is 22.0. The zero-order chi connectivity index (χ0) is 16.8. The molecular weight excluding hydrogens is 280 g/mol. The van der Waals surface area contributed by atoms with Crippen molar-refractivity contribution >= 4 is 0 Å². The zero-order valence-electron chi connectivity index (χ0n) is 16.6. The van der Waals surface area contributed by atoms with Gasteiger partial charge in [-0.25, -0.2) is 0 Å². The van der Waals surface area contributed by atoms with Crippen LogP contribution in [0.5, 0.6) is 0 Å². The zero-order valence-corrected chi connectivity index (χ0v) is 16.6. The highest BCUT2D eigenvalue weighted by Crippen LogP contribution is 2.14. The summed E-state index contributed by atoms with van der Waals surface area (Å²) in [5, 5.41) is 0. The van der Waals surface area contributed by atoms with Gasteiger partial charge in [-0.15, -0.1) is 0 Å². The molecule has 0 aromatic heterocycles. The van der Waals surface area contributed by atoms with E-state index < -0.39 is 0 Å². The molecule has 0 aliphatic heterocycles. The first-order valence-corrected chi connectivity index (χ1v) is 11.0. The van der Waals surface area contributed by atoms with E-state index in [1.807, 2.05) is 0 Å². The van der Waals surface area contributed by atoms with E-state index >= 15 is 0 Å². The van der Waals surface area contributed by atoms with Crippen LogP contribution in [0.15, 0.2) is 0 Å². The van der Waals surface area contributed by atoms with Crippen LogP contribution in [-0.2, 0) is 4.74 Å². The van der Waals surface area contributed by atoms with Crippen LogP contribution in [0.25, 0.3) is 0 Å². The summed E-state index contributed by atoms with van der Waals surface area (Å²) in [7, 11) is 0. The molecule has 0 unspecified atom stereocenters. The lowest BCUT2D eigenvalue weighted by atomic mass is 10.0. The van der Waals surface area contributed by atoms with Gasteiger partial charge in [-0.05, 0) is 13.3 Å². The van der Waals surface area contributed by atoms with Crippen molar-refractivity contribution in [2.75, 3.05) is 13.2 Å². The molecule has 0 radical (unpaired) electrons. The Kier molecular flexibility index (Phi) is 21.9. The Bertz CT molecular complexity index is 170. The lowest BCUT2D eigenvalue weighted by Crippen LogP contribution is -1.92. The molecule has 0 spiro atoms. The summed E-state index contributed by atoms with van der Waals surface area (Å²) >= 11 is 0. The fraction of sp³-hybridized carbons (Fsp3) is 1.00. The molecule has 140 valence electrons. The largest absolute Gasteiger partial charge is 0.382 e. The Morgan fingerprint density at radius 3 is 1.00 bits per heavy atom. The molecule has 0 heterocycles. The normalized spacial score (nSPS) is 11.2. The molecule has 0 rings (SSSR count). The van der Waals surface area contributed by atoms with Crippen LogP contribution in [0.1, 0.15) is 129 Å². The third-order valence-electron chi connectivity index (χ3n) is 4.85. The maximum atomic E-state index is 5.36. The minimum absolute atomic E-state index is 0.874. The van der Waals surface area contributed by atoms with Gasteiger partial charge >= 0.3 is 0 Å². The smallest absolute Gasteiger partial charge is 0.0465 e. The average molecular weight is 327 g/mol. The van der Waals surface area contributed by atoms with E-state index in [1.54, 1.807) is 0 Å². The number of ether oxygens (including phenoxy) is 1. The molecule has 1 heteroatoms. The van der Waals surface area contributed by atoms with Crippen molar-refractivity contribution < 1.29 is 4.74 Å². The third-order valence-corrected chi connectivity index (χ3v) is 4.85. The van der Waals surface area contributed by atoms with E-state index in [0.717, 1.165) is 13.2 Å². The van der Waals surface area contributed by atoms with Crippen molar-refractivity contribution in [1.29, 1.82) is 0 Å². The molecule has 1 nitrogen and oxygen atoms in total. The van der Waals surface area contributed by atoms with Crippen LogP contribution in [0.2, 0.25) is 0 Å². The van der Waals surface area contributed by atoms with Gasteiger partial charge in [0.1, 0.15) is 0 Å². The Hall–Kier alpha value is -0.0400. The van der Waals surface area contributed by atoms with Crippen molar-refractivity contribution in [1.82, 2.24) is 0 Å². The predicted molar refractivity (Wildman–Crippen MR) is 105 cm³/mol. The Balaban J connectivity index is 2.92. The molecule has 0 aliphatic rings. The predicted octanol–water partition coefficient (Wildman–Crippen LogP) is 8.06. The fourth-order valence-corrected chi connectivity index (χ4v) is 3.25. The second kappa shape index (κ2) is 22.0. The Labute approximate surface area is 148 Å². The van der Waals surface area contributed by atoms with Gasteiger partial charge in [-0.2, -0.15) is 0 Å². The molecular formula is C22H46O. The van der Waals surface area contributed by atoms with Gasteiger partial charge in [0.15, 0.2) is 0 Å². The summed E-state index contributed by atoms with van der Waals surface area (Å²) in [6, 6.07) is 0. The quantitative estimate of drug-likeness (QED) is 0.205. The highest BCUT2D eigenvalue weighted by atomic mass is 16.5. The maximum Gasteiger partial charge on any atom is 0.0465 e. The average Bonchev–Trinajstić information content (AvgIpc) is 2.57. The van der Waals surface area contributed by atoms with Crippen molar-refractivity contribution in [2.45, 2.75) is 129 Å². The first-order chi connectivity index (χ1) is 11.4. The first kappa shape index (κ1) is 23.0. The number of hydrogen-bond donors (Lipinski definition) is 0. The van der Waals surface area contributed by atoms with Crippen molar-refractivity contribution in [3.05, 3.63) is 0 Å². The van der Waals surface area contributed by atoms with E-state index in [9.17, 15) is 0 Å². The van der Waals surface area contributed by atoms with Gasteiger partial charge in [-0.1, -0.05) is 116 Å². The number of rotatable bonds is 20. The summed E-state index contributed by atoms with van der Waals surface area (Å²) in [4.78, 5) is 0. The lowest BCUT2D eigenvalue weighted by molar-refractivity contribution is 0.143. The summed E-state index contributed by atoms with van der Waals surface area (Å²) in [6.07, 6.45) is 25.9. The van der Waals surface area contributed by atoms with E-state index in [1.165, 1.54) is 116 Å². The summed E-state index contributed by atoms with van der Waals surface area (Å²) < 4.78 is 5.36. The van der Waals surface area contributed by atoms with E-state index in [0.29, 0.717) is 0 Å². The Morgan fingerprint density at radius 1 is 0.391 bits per heavy atom. The van der Waals surface area contributed by atoms with Gasteiger partial charge in [-0.3, -0.25) is 0 Å². The molecule has 0 fully saturated rings. The monoisotopic (exact) mass is 326 g/mol. The van der Waals surface area contributed by atoms with Crippen molar-refractivity contribution in [3.63, 3.8) is 0 Å². The van der Waals surface area contributed by atoms with E-state index in [-0.39, 0.29) is 0 Å². The van der Waals surface area contributed by atoms with E-state index in [2.05, 4.69) is 13.8 Å². The SMILES string of the molecule is CCCCCCCCCCCCCCCCCCCCOCC. The van der Waals surface area contributed by atoms with Crippen LogP contribution in [0.3, 0.4) is 0 Å². The Morgan fingerprint density at radius 2 is 0.696 bits per heavy atom. The van der Waals surface area contributed by atoms with Crippen molar-refractivity contribution in [2.24, 2.45) is 0 Å². The lowest BCUT2D eigenvalue weighted by Gasteiger charge is -2.04. The molecule has 23 heavy (non-hydrogen) atoms. The molecule has 0 atom stereocenters. The van der Waals surface area contributed by atoms with Gasteiger partial charge in [0.25, 0.3) is 0 Å². The summed E-state index contributed by atoms with van der Waals surface area (Å²) in [5.41, 5.74) is 0. The van der Waals surface area contributed by atoms with Gasteiger partial charge in [0.2, 0.25) is 0 Å². The molecule has 0 N–H and O–H groups in total. The summed E-state index contributed by atoms with van der Waals surface area (Å²) in [6.45, 7) is 6.22. The summed E-state index contributed by atoms with van der Waals surface area (Å²) in [5.74, 6) is 0. The minimum atomic E-state index is 0.874. The standard InChI is InChI=1S/C22H46O/c1-3-5-6-7-8-9-10-11-12-13-14-15-16-17-18-19-20-21-22-23-4-2/h3-22H2,1-2H3. The van der Waals surface area contributed by atoms with Crippen LogP contribution in [-0.4, -0.2) is 13.2 Å². The molecule has 0 saturated heterocycles.